The molecule has 0 unspecified atom stereocenters. The Kier molecular flexibility index (Phi) is 17.7. The first-order valence-electron chi connectivity index (χ1n) is 15.9. The van der Waals surface area contributed by atoms with Gasteiger partial charge in [-0.25, -0.2) is 19.2 Å². The molecule has 0 fully saturated rings. The van der Waals surface area contributed by atoms with Crippen LogP contribution in [0.2, 0.25) is 0 Å². The largest absolute Gasteiger partial charge is 0.459 e. The van der Waals surface area contributed by atoms with E-state index in [1.54, 1.807) is 0 Å². The second kappa shape index (κ2) is 21.9. The van der Waals surface area contributed by atoms with Crippen LogP contribution in [0.5, 0.6) is 0 Å². The van der Waals surface area contributed by atoms with Crippen LogP contribution in [0.1, 0.15) is 68.2 Å². The summed E-state index contributed by atoms with van der Waals surface area (Å²) in [7, 11) is 0. The third-order valence-corrected chi connectivity index (χ3v) is 6.99. The van der Waals surface area contributed by atoms with E-state index in [1.807, 2.05) is 60.7 Å². The standard InChI is InChI=1S/C39H42N2O8/c1-28(2)36(42)46-20-22-48-38(44)34(26-40)24-32-16-12-30(13-17-32)10-8-6-5-7-9-11-31-14-18-33(19-15-31)25-35(27-41)39(45)49-23-21-47-37(43)29(3)4/h12-19,24-25H,1,3,5-11,20-23H2,2,4H3/b34-24+,35-25+. The van der Waals surface area contributed by atoms with Crippen LogP contribution < -0.4 is 0 Å². The van der Waals surface area contributed by atoms with Crippen molar-refractivity contribution in [2.45, 2.75) is 58.8 Å². The van der Waals surface area contributed by atoms with Crippen LogP contribution in [0.4, 0.5) is 0 Å². The second-order valence-corrected chi connectivity index (χ2v) is 11.2. The molecule has 0 radical (unpaired) electrons. The fourth-order valence-corrected chi connectivity index (χ4v) is 4.30. The van der Waals surface area contributed by atoms with Crippen molar-refractivity contribution in [2.24, 2.45) is 0 Å². The number of hydrogen-bond donors (Lipinski definition) is 0. The van der Waals surface area contributed by atoms with Crippen LogP contribution in [0.3, 0.4) is 0 Å². The molecule has 256 valence electrons. The number of nitrogens with zero attached hydrogens (tertiary/aromatic N) is 2. The summed E-state index contributed by atoms with van der Waals surface area (Å²) in [5.41, 5.74) is 3.96. The first kappa shape index (κ1) is 39.4. The Bertz CT molecular complexity index is 1500. The molecule has 0 atom stereocenters. The first-order valence-corrected chi connectivity index (χ1v) is 15.9. The number of rotatable bonds is 20. The molecule has 10 nitrogen and oxygen atoms in total. The number of aryl methyl sites for hydroxylation is 2. The van der Waals surface area contributed by atoms with Crippen LogP contribution in [0, 0.1) is 22.7 Å². The van der Waals surface area contributed by atoms with Crippen molar-refractivity contribution >= 4 is 36.0 Å². The molecule has 0 N–H and O–H groups in total. The molecule has 0 aliphatic heterocycles. The molecular formula is C39H42N2O8. The summed E-state index contributed by atoms with van der Waals surface area (Å²) >= 11 is 0. The average molecular weight is 667 g/mol. The fraction of sp³-hybridized carbons (Fsp3) is 0.333. The lowest BCUT2D eigenvalue weighted by atomic mass is 10.0. The normalized spacial score (nSPS) is 11.0. The molecule has 0 aliphatic carbocycles. The Morgan fingerprint density at radius 3 is 1.16 bits per heavy atom. The van der Waals surface area contributed by atoms with Gasteiger partial charge in [-0.1, -0.05) is 81.0 Å². The summed E-state index contributed by atoms with van der Waals surface area (Å²) in [5.74, 6) is -2.71. The Morgan fingerprint density at radius 2 is 0.857 bits per heavy atom. The maximum Gasteiger partial charge on any atom is 0.349 e. The molecule has 0 saturated heterocycles. The molecule has 0 amide bonds. The number of nitriles is 2. The Balaban J connectivity index is 1.67. The number of hydrogen-bond acceptors (Lipinski definition) is 10. The van der Waals surface area contributed by atoms with E-state index in [-0.39, 0.29) is 48.7 Å². The zero-order chi connectivity index (χ0) is 36.0. The van der Waals surface area contributed by atoms with Gasteiger partial charge in [-0.2, -0.15) is 10.5 Å². The van der Waals surface area contributed by atoms with Crippen LogP contribution in [-0.2, 0) is 51.0 Å². The SMILES string of the molecule is C=C(C)C(=O)OCCOC(=O)/C(C#N)=C/c1ccc(CCCCCCCc2ccc(/C=C(\C#N)C(=O)OCCOC(=O)C(=C)C)cc2)cc1. The maximum atomic E-state index is 12.2. The summed E-state index contributed by atoms with van der Waals surface area (Å²) in [4.78, 5) is 47.1. The van der Waals surface area contributed by atoms with Crippen molar-refractivity contribution in [1.82, 2.24) is 0 Å². The Hall–Kier alpha value is -5.74. The summed E-state index contributed by atoms with van der Waals surface area (Å²) in [5, 5.41) is 18.7. The summed E-state index contributed by atoms with van der Waals surface area (Å²) in [6, 6.07) is 19.1. The predicted octanol–water partition coefficient (Wildman–Crippen LogP) is 6.56. The Morgan fingerprint density at radius 1 is 0.551 bits per heavy atom. The molecule has 10 heteroatoms. The van der Waals surface area contributed by atoms with Crippen molar-refractivity contribution < 1.29 is 38.1 Å². The zero-order valence-electron chi connectivity index (χ0n) is 28.1. The van der Waals surface area contributed by atoms with E-state index < -0.39 is 23.9 Å². The van der Waals surface area contributed by atoms with E-state index in [2.05, 4.69) is 13.2 Å². The van der Waals surface area contributed by atoms with Gasteiger partial charge >= 0.3 is 23.9 Å². The van der Waals surface area contributed by atoms with E-state index in [1.165, 1.54) is 37.1 Å². The molecule has 0 aromatic heterocycles. The average Bonchev–Trinajstić information content (AvgIpc) is 3.09. The van der Waals surface area contributed by atoms with Crippen molar-refractivity contribution in [2.75, 3.05) is 26.4 Å². The van der Waals surface area contributed by atoms with E-state index in [4.69, 9.17) is 18.9 Å². The van der Waals surface area contributed by atoms with Crippen LogP contribution >= 0.6 is 0 Å². The molecule has 2 rings (SSSR count). The van der Waals surface area contributed by atoms with Gasteiger partial charge in [0, 0.05) is 11.1 Å². The third-order valence-electron chi connectivity index (χ3n) is 6.99. The minimum atomic E-state index is -0.782. The number of carbonyl (C=O) groups excluding carboxylic acids is 4. The van der Waals surface area contributed by atoms with E-state index in [9.17, 15) is 29.7 Å². The van der Waals surface area contributed by atoms with E-state index in [0.717, 1.165) is 44.9 Å². The van der Waals surface area contributed by atoms with Gasteiger partial charge in [0.25, 0.3) is 0 Å². The highest BCUT2D eigenvalue weighted by Crippen LogP contribution is 2.16. The molecule has 0 bridgehead atoms. The number of carbonyl (C=O) groups is 4. The van der Waals surface area contributed by atoms with Gasteiger partial charge in [0.2, 0.25) is 0 Å². The zero-order valence-corrected chi connectivity index (χ0v) is 28.1. The van der Waals surface area contributed by atoms with Crippen LogP contribution in [0.25, 0.3) is 12.2 Å². The molecule has 0 spiro atoms. The van der Waals surface area contributed by atoms with Crippen molar-refractivity contribution in [1.29, 1.82) is 10.5 Å². The maximum absolute atomic E-state index is 12.2. The molecule has 0 aliphatic rings. The lowest BCUT2D eigenvalue weighted by Gasteiger charge is -2.06. The number of benzene rings is 2. The lowest BCUT2D eigenvalue weighted by molar-refractivity contribution is -0.147. The van der Waals surface area contributed by atoms with Gasteiger partial charge in [0.1, 0.15) is 49.7 Å². The Labute approximate surface area is 287 Å². The number of esters is 4. The van der Waals surface area contributed by atoms with Crippen LogP contribution in [0.15, 0.2) is 84.0 Å². The minimum Gasteiger partial charge on any atom is -0.459 e. The van der Waals surface area contributed by atoms with Gasteiger partial charge in [0.15, 0.2) is 0 Å². The monoisotopic (exact) mass is 666 g/mol. The molecule has 2 aromatic carbocycles. The molecular weight excluding hydrogens is 624 g/mol. The van der Waals surface area contributed by atoms with Gasteiger partial charge in [-0.15, -0.1) is 0 Å². The molecule has 0 heterocycles. The van der Waals surface area contributed by atoms with Crippen molar-refractivity contribution in [3.05, 3.63) is 106 Å². The molecule has 49 heavy (non-hydrogen) atoms. The summed E-state index contributed by atoms with van der Waals surface area (Å²) in [6.07, 6.45) is 10.2. The topological polar surface area (TPSA) is 153 Å². The van der Waals surface area contributed by atoms with Crippen LogP contribution in [-0.4, -0.2) is 50.3 Å². The highest BCUT2D eigenvalue weighted by atomic mass is 16.6. The predicted molar refractivity (Wildman–Crippen MR) is 184 cm³/mol. The van der Waals surface area contributed by atoms with E-state index in [0.29, 0.717) is 11.1 Å². The molecule has 2 aromatic rings. The summed E-state index contributed by atoms with van der Waals surface area (Å²) in [6.45, 7) is 9.42. The second-order valence-electron chi connectivity index (χ2n) is 11.2. The smallest absolute Gasteiger partial charge is 0.349 e. The molecule has 0 saturated carbocycles. The lowest BCUT2D eigenvalue weighted by Crippen LogP contribution is -2.15. The number of unbranched alkanes of at least 4 members (excludes halogenated alkanes) is 4. The van der Waals surface area contributed by atoms with Crippen molar-refractivity contribution in [3.63, 3.8) is 0 Å². The number of ether oxygens (including phenoxy) is 4. The summed E-state index contributed by atoms with van der Waals surface area (Å²) < 4.78 is 19.8. The third kappa shape index (κ3) is 15.6. The van der Waals surface area contributed by atoms with Gasteiger partial charge in [-0.05, 0) is 73.9 Å². The quantitative estimate of drug-likeness (QED) is 0.0499. The van der Waals surface area contributed by atoms with Gasteiger partial charge in [0.05, 0.1) is 0 Å². The first-order chi connectivity index (χ1) is 23.5. The highest BCUT2D eigenvalue weighted by molar-refractivity contribution is 5.98. The highest BCUT2D eigenvalue weighted by Gasteiger charge is 2.13. The van der Waals surface area contributed by atoms with Gasteiger partial charge in [-0.3, -0.25) is 0 Å². The fourth-order valence-electron chi connectivity index (χ4n) is 4.30. The van der Waals surface area contributed by atoms with Crippen molar-refractivity contribution in [3.8, 4) is 12.1 Å². The minimum absolute atomic E-state index is 0.118. The van der Waals surface area contributed by atoms with E-state index >= 15 is 0 Å². The van der Waals surface area contributed by atoms with Gasteiger partial charge < -0.3 is 18.9 Å².